The number of carboxylic acids is 1. The lowest BCUT2D eigenvalue weighted by Crippen LogP contribution is -2.24. The molecule has 0 bridgehead atoms. The van der Waals surface area contributed by atoms with E-state index in [2.05, 4.69) is 9.97 Å². The number of hydrogen-bond acceptors (Lipinski definition) is 4. The summed E-state index contributed by atoms with van der Waals surface area (Å²) in [6, 6.07) is 16.3. The summed E-state index contributed by atoms with van der Waals surface area (Å²) >= 11 is 0. The first kappa shape index (κ1) is 11.3. The lowest BCUT2D eigenvalue weighted by Gasteiger charge is -2.09. The van der Waals surface area contributed by atoms with Gasteiger partial charge in [-0.25, -0.2) is 9.97 Å². The predicted octanol–water partition coefficient (Wildman–Crippen LogP) is 1.66. The molecule has 0 aliphatic rings. The monoisotopic (exact) mass is 249 g/mol. The number of rotatable bonds is 2. The van der Waals surface area contributed by atoms with Crippen LogP contribution in [-0.4, -0.2) is 15.9 Å². The van der Waals surface area contributed by atoms with Crippen LogP contribution in [0.3, 0.4) is 0 Å². The first-order chi connectivity index (χ1) is 9.25. The minimum Gasteiger partial charge on any atom is -0.543 e. The van der Waals surface area contributed by atoms with E-state index in [4.69, 9.17) is 0 Å². The molecular weight excluding hydrogens is 240 g/mol. The largest absolute Gasteiger partial charge is 0.543 e. The van der Waals surface area contributed by atoms with Crippen LogP contribution in [0.2, 0.25) is 0 Å². The predicted molar refractivity (Wildman–Crippen MR) is 69.3 cm³/mol. The van der Waals surface area contributed by atoms with Gasteiger partial charge in [0.15, 0.2) is 5.82 Å². The van der Waals surface area contributed by atoms with Crippen molar-refractivity contribution in [2.75, 3.05) is 0 Å². The van der Waals surface area contributed by atoms with Crippen molar-refractivity contribution in [1.82, 2.24) is 9.97 Å². The molecule has 0 amide bonds. The molecule has 0 saturated carbocycles. The Morgan fingerprint density at radius 3 is 2.32 bits per heavy atom. The van der Waals surface area contributed by atoms with Gasteiger partial charge in [0.1, 0.15) is 0 Å². The molecule has 4 nitrogen and oxygen atoms in total. The maximum atomic E-state index is 11.2. The quantitative estimate of drug-likeness (QED) is 0.692. The molecule has 92 valence electrons. The average molecular weight is 249 g/mol. The van der Waals surface area contributed by atoms with Gasteiger partial charge in [-0.3, -0.25) is 0 Å². The Labute approximate surface area is 109 Å². The van der Waals surface area contributed by atoms with Crippen LogP contribution in [-0.2, 0) is 0 Å². The summed E-state index contributed by atoms with van der Waals surface area (Å²) in [4.78, 5) is 19.7. The van der Waals surface area contributed by atoms with Gasteiger partial charge in [-0.15, -0.1) is 0 Å². The van der Waals surface area contributed by atoms with Crippen molar-refractivity contribution >= 4 is 16.9 Å². The zero-order chi connectivity index (χ0) is 13.2. The van der Waals surface area contributed by atoms with Crippen LogP contribution in [0, 0.1) is 0 Å². The van der Waals surface area contributed by atoms with Crippen molar-refractivity contribution in [2.24, 2.45) is 0 Å². The van der Waals surface area contributed by atoms with Crippen LogP contribution < -0.4 is 5.11 Å². The molecule has 0 fully saturated rings. The van der Waals surface area contributed by atoms with E-state index in [1.54, 1.807) is 18.2 Å². The van der Waals surface area contributed by atoms with Crippen LogP contribution >= 0.6 is 0 Å². The molecule has 19 heavy (non-hydrogen) atoms. The minimum absolute atomic E-state index is 0.0792. The molecule has 0 unspecified atom stereocenters. The Kier molecular flexibility index (Phi) is 2.68. The molecule has 1 heterocycles. The summed E-state index contributed by atoms with van der Waals surface area (Å²) in [6.45, 7) is 0. The van der Waals surface area contributed by atoms with E-state index in [1.807, 2.05) is 36.4 Å². The summed E-state index contributed by atoms with van der Waals surface area (Å²) in [5.74, 6) is -0.908. The molecule has 1 aromatic heterocycles. The van der Waals surface area contributed by atoms with E-state index < -0.39 is 5.97 Å². The maximum absolute atomic E-state index is 11.2. The summed E-state index contributed by atoms with van der Waals surface area (Å²) in [6.07, 6.45) is 0. The molecular formula is C15H9N2O2-. The zero-order valence-electron chi connectivity index (χ0n) is 9.91. The smallest absolute Gasteiger partial charge is 0.160 e. The highest BCUT2D eigenvalue weighted by atomic mass is 16.4. The zero-order valence-corrected chi connectivity index (χ0v) is 9.91. The molecule has 0 spiro atoms. The van der Waals surface area contributed by atoms with Gasteiger partial charge >= 0.3 is 0 Å². The van der Waals surface area contributed by atoms with Crippen LogP contribution in [0.15, 0.2) is 54.6 Å². The number of hydrogen-bond donors (Lipinski definition) is 0. The van der Waals surface area contributed by atoms with Gasteiger partial charge in [0, 0.05) is 10.9 Å². The van der Waals surface area contributed by atoms with Gasteiger partial charge in [-0.05, 0) is 6.07 Å². The highest BCUT2D eigenvalue weighted by Crippen LogP contribution is 2.20. The lowest BCUT2D eigenvalue weighted by molar-refractivity contribution is -0.255. The molecule has 0 aliphatic carbocycles. The number of carboxylic acid groups (broad SMARTS) is 1. The highest BCUT2D eigenvalue weighted by Gasteiger charge is 2.09. The number of nitrogens with zero attached hydrogens (tertiary/aromatic N) is 2. The molecule has 0 saturated heterocycles. The first-order valence-electron chi connectivity index (χ1n) is 5.79. The molecule has 0 radical (unpaired) electrons. The van der Waals surface area contributed by atoms with Crippen molar-refractivity contribution in [3.05, 3.63) is 60.3 Å². The van der Waals surface area contributed by atoms with Gasteiger partial charge in [0.25, 0.3) is 0 Å². The Balaban J connectivity index is 2.31. The molecule has 3 aromatic rings. The van der Waals surface area contributed by atoms with Crippen molar-refractivity contribution in [2.45, 2.75) is 0 Å². The van der Waals surface area contributed by atoms with Gasteiger partial charge < -0.3 is 9.90 Å². The number of fused-ring (bicyclic) bond motifs is 1. The minimum atomic E-state index is -1.30. The molecule has 0 atom stereocenters. The lowest BCUT2D eigenvalue weighted by atomic mass is 10.1. The Bertz CT molecular complexity index is 754. The summed E-state index contributed by atoms with van der Waals surface area (Å²) in [5.41, 5.74) is 1.29. The summed E-state index contributed by atoms with van der Waals surface area (Å²) in [7, 11) is 0. The van der Waals surface area contributed by atoms with E-state index in [1.165, 1.54) is 0 Å². The summed E-state index contributed by atoms with van der Waals surface area (Å²) in [5, 5.41) is 11.7. The normalized spacial score (nSPS) is 10.5. The second-order valence-corrected chi connectivity index (χ2v) is 4.07. The third-order valence-corrected chi connectivity index (χ3v) is 2.83. The number of para-hydroxylation sites is 1. The van der Waals surface area contributed by atoms with E-state index in [9.17, 15) is 9.90 Å². The highest BCUT2D eigenvalue weighted by molar-refractivity contribution is 6.00. The van der Waals surface area contributed by atoms with Crippen molar-refractivity contribution in [3.63, 3.8) is 0 Å². The first-order valence-corrected chi connectivity index (χ1v) is 5.79. The van der Waals surface area contributed by atoms with E-state index >= 15 is 0 Å². The molecule has 0 aliphatic heterocycles. The maximum Gasteiger partial charge on any atom is 0.160 e. The standard InChI is InChI=1S/C15H10N2O2/c18-15(19)13-11-8-4-5-9-12(11)16-14(17-13)10-6-2-1-3-7-10/h1-9H,(H,18,19)/p-1. The third-order valence-electron chi connectivity index (χ3n) is 2.83. The van der Waals surface area contributed by atoms with Gasteiger partial charge in [0.2, 0.25) is 0 Å². The molecule has 0 N–H and O–H groups in total. The number of aromatic nitrogens is 2. The van der Waals surface area contributed by atoms with Gasteiger partial charge in [-0.1, -0.05) is 48.5 Å². The fourth-order valence-corrected chi connectivity index (χ4v) is 1.95. The Morgan fingerprint density at radius 2 is 1.58 bits per heavy atom. The van der Waals surface area contributed by atoms with Crippen LogP contribution in [0.1, 0.15) is 10.5 Å². The molecule has 3 rings (SSSR count). The van der Waals surface area contributed by atoms with Crippen molar-refractivity contribution in [1.29, 1.82) is 0 Å². The topological polar surface area (TPSA) is 65.9 Å². The second kappa shape index (κ2) is 4.49. The van der Waals surface area contributed by atoms with Crippen molar-refractivity contribution < 1.29 is 9.90 Å². The van der Waals surface area contributed by atoms with Crippen LogP contribution in [0.4, 0.5) is 0 Å². The van der Waals surface area contributed by atoms with E-state index in [-0.39, 0.29) is 5.69 Å². The van der Waals surface area contributed by atoms with Crippen LogP contribution in [0.5, 0.6) is 0 Å². The SMILES string of the molecule is O=C([O-])c1nc(-c2ccccc2)nc2ccccc12. The Hall–Kier alpha value is -2.75. The second-order valence-electron chi connectivity index (χ2n) is 4.07. The van der Waals surface area contributed by atoms with Gasteiger partial charge in [-0.2, -0.15) is 0 Å². The van der Waals surface area contributed by atoms with E-state index in [0.29, 0.717) is 16.7 Å². The molecule has 4 heteroatoms. The number of aromatic carboxylic acids is 1. The fourth-order valence-electron chi connectivity index (χ4n) is 1.95. The fraction of sp³-hybridized carbons (Fsp3) is 0. The van der Waals surface area contributed by atoms with Crippen molar-refractivity contribution in [3.8, 4) is 11.4 Å². The summed E-state index contributed by atoms with van der Waals surface area (Å²) < 4.78 is 0. The molecule has 2 aromatic carbocycles. The van der Waals surface area contributed by atoms with E-state index in [0.717, 1.165) is 5.56 Å². The Morgan fingerprint density at radius 1 is 0.895 bits per heavy atom. The van der Waals surface area contributed by atoms with Crippen LogP contribution in [0.25, 0.3) is 22.3 Å². The third kappa shape index (κ3) is 2.04. The number of carbonyl (C=O) groups is 1. The number of benzene rings is 2. The number of carbonyl (C=O) groups excluding carboxylic acids is 1. The average Bonchev–Trinajstić information content (AvgIpc) is 2.47. The van der Waals surface area contributed by atoms with Gasteiger partial charge in [0.05, 0.1) is 17.2 Å².